The van der Waals surface area contributed by atoms with Crippen molar-refractivity contribution in [1.82, 2.24) is 3.97 Å². The summed E-state index contributed by atoms with van der Waals surface area (Å²) in [6, 6.07) is 10.6. The van der Waals surface area contributed by atoms with Crippen LogP contribution in [0.5, 0.6) is 0 Å². The average Bonchev–Trinajstić information content (AvgIpc) is 3.10. The van der Waals surface area contributed by atoms with Crippen LogP contribution in [0.3, 0.4) is 0 Å². The molecule has 0 N–H and O–H groups in total. The monoisotopic (exact) mass is 330 g/mol. The summed E-state index contributed by atoms with van der Waals surface area (Å²) in [4.78, 5) is 14.4. The SMILES string of the molecule is O=C1CC2CCC1CN2c1ccccc1S(=O)(=O)n1cccc1. The zero-order valence-electron chi connectivity index (χ0n) is 12.6. The van der Waals surface area contributed by atoms with Gasteiger partial charge in [-0.1, -0.05) is 12.1 Å². The van der Waals surface area contributed by atoms with Gasteiger partial charge in [0.05, 0.1) is 5.69 Å². The normalized spacial score (nSPS) is 24.2. The predicted octanol–water partition coefficient (Wildman–Crippen LogP) is 2.28. The number of rotatable bonds is 3. The molecule has 0 radical (unpaired) electrons. The van der Waals surface area contributed by atoms with Gasteiger partial charge in [-0.25, -0.2) is 12.4 Å². The van der Waals surface area contributed by atoms with Crippen molar-refractivity contribution >= 4 is 21.5 Å². The molecule has 0 spiro atoms. The molecule has 3 aliphatic rings. The number of hydrogen-bond acceptors (Lipinski definition) is 4. The largest absolute Gasteiger partial charge is 0.366 e. The van der Waals surface area contributed by atoms with Crippen molar-refractivity contribution < 1.29 is 13.2 Å². The molecular formula is C17H18N2O3S. The first kappa shape index (κ1) is 14.5. The molecule has 0 amide bonds. The third-order valence-corrected chi connectivity index (χ3v) is 6.61. The Labute approximate surface area is 135 Å². The third-order valence-electron chi connectivity index (χ3n) is 4.91. The Kier molecular flexibility index (Phi) is 3.30. The molecule has 2 unspecified atom stereocenters. The van der Waals surface area contributed by atoms with E-state index in [4.69, 9.17) is 0 Å². The van der Waals surface area contributed by atoms with Crippen LogP contribution in [0.25, 0.3) is 0 Å². The van der Waals surface area contributed by atoms with Crippen molar-refractivity contribution in [3.63, 3.8) is 0 Å². The van der Waals surface area contributed by atoms with Crippen LogP contribution in [0.1, 0.15) is 19.3 Å². The zero-order chi connectivity index (χ0) is 16.0. The first-order valence-corrected chi connectivity index (χ1v) is 9.28. The number of benzene rings is 1. The molecule has 5 nitrogen and oxygen atoms in total. The number of aromatic nitrogens is 1. The van der Waals surface area contributed by atoms with Crippen LogP contribution in [0, 0.1) is 5.92 Å². The quantitative estimate of drug-likeness (QED) is 0.866. The second kappa shape index (κ2) is 5.23. The van der Waals surface area contributed by atoms with E-state index in [1.165, 1.54) is 16.4 Å². The Morgan fingerprint density at radius 2 is 1.74 bits per heavy atom. The lowest BCUT2D eigenvalue weighted by molar-refractivity contribution is -0.126. The van der Waals surface area contributed by atoms with Crippen molar-refractivity contribution in [1.29, 1.82) is 0 Å². The number of hydrogen-bond donors (Lipinski definition) is 0. The molecule has 1 aromatic heterocycles. The van der Waals surface area contributed by atoms with Gasteiger partial charge in [0, 0.05) is 37.3 Å². The van der Waals surface area contributed by atoms with Crippen LogP contribution in [-0.2, 0) is 14.8 Å². The number of ketones is 1. The van der Waals surface area contributed by atoms with Crippen LogP contribution in [0.2, 0.25) is 0 Å². The maximum atomic E-state index is 12.9. The number of anilines is 1. The predicted molar refractivity (Wildman–Crippen MR) is 86.9 cm³/mol. The fourth-order valence-electron chi connectivity index (χ4n) is 3.70. The van der Waals surface area contributed by atoms with E-state index in [1.807, 2.05) is 12.1 Å². The van der Waals surface area contributed by atoms with Crippen LogP contribution in [0.15, 0.2) is 53.7 Å². The van der Waals surface area contributed by atoms with E-state index < -0.39 is 10.0 Å². The third kappa shape index (κ3) is 2.28. The van der Waals surface area contributed by atoms with E-state index in [0.717, 1.165) is 12.8 Å². The van der Waals surface area contributed by atoms with E-state index in [9.17, 15) is 13.2 Å². The summed E-state index contributed by atoms with van der Waals surface area (Å²) in [5.41, 5.74) is 0.711. The molecule has 5 rings (SSSR count). The van der Waals surface area contributed by atoms with E-state index in [2.05, 4.69) is 4.90 Å². The van der Waals surface area contributed by atoms with Crippen molar-refractivity contribution in [2.45, 2.75) is 30.2 Å². The smallest absolute Gasteiger partial charge is 0.269 e. The molecule has 2 saturated heterocycles. The van der Waals surface area contributed by atoms with Crippen LogP contribution in [-0.4, -0.2) is 30.8 Å². The summed E-state index contributed by atoms with van der Waals surface area (Å²) in [5, 5.41) is 0. The van der Waals surface area contributed by atoms with E-state index >= 15 is 0 Å². The number of Topliss-reactive ketones (excluding diaryl/α,β-unsaturated/α-hetero) is 1. The summed E-state index contributed by atoms with van der Waals surface area (Å²) in [6.07, 6.45) is 5.49. The highest BCUT2D eigenvalue weighted by atomic mass is 32.2. The molecule has 1 aromatic carbocycles. The number of nitrogens with zero attached hydrogens (tertiary/aromatic N) is 2. The number of fused-ring (bicyclic) bond motifs is 3. The van der Waals surface area contributed by atoms with Crippen LogP contribution in [0.4, 0.5) is 5.69 Å². The van der Waals surface area contributed by atoms with Gasteiger partial charge in [0.2, 0.25) is 0 Å². The topological polar surface area (TPSA) is 59.4 Å². The van der Waals surface area contributed by atoms with Crippen molar-refractivity contribution in [3.05, 3.63) is 48.8 Å². The van der Waals surface area contributed by atoms with Gasteiger partial charge in [0.15, 0.2) is 0 Å². The lowest BCUT2D eigenvalue weighted by Gasteiger charge is -2.46. The average molecular weight is 330 g/mol. The minimum atomic E-state index is -3.62. The molecule has 1 aliphatic carbocycles. The summed E-state index contributed by atoms with van der Waals surface area (Å²) in [6.45, 7) is 0.627. The molecule has 2 bridgehead atoms. The van der Waals surface area contributed by atoms with Crippen molar-refractivity contribution in [3.8, 4) is 0 Å². The Morgan fingerprint density at radius 3 is 2.39 bits per heavy atom. The lowest BCUT2D eigenvalue weighted by atomic mass is 9.78. The van der Waals surface area contributed by atoms with Crippen LogP contribution >= 0.6 is 0 Å². The minimum Gasteiger partial charge on any atom is -0.366 e. The number of piperidine rings is 2. The van der Waals surface area contributed by atoms with E-state index in [1.54, 1.807) is 24.3 Å². The van der Waals surface area contributed by atoms with Crippen LogP contribution < -0.4 is 4.90 Å². The van der Waals surface area contributed by atoms with E-state index in [-0.39, 0.29) is 12.0 Å². The minimum absolute atomic E-state index is 0.0438. The fourth-order valence-corrected chi connectivity index (χ4v) is 5.09. The van der Waals surface area contributed by atoms with Gasteiger partial charge in [0.1, 0.15) is 10.7 Å². The molecule has 1 saturated carbocycles. The molecule has 6 heteroatoms. The van der Waals surface area contributed by atoms with Gasteiger partial charge < -0.3 is 4.90 Å². The molecule has 3 heterocycles. The Hall–Kier alpha value is -2.08. The Bertz CT molecular complexity index is 842. The van der Waals surface area contributed by atoms with Crippen molar-refractivity contribution in [2.75, 3.05) is 11.4 Å². The first-order valence-electron chi connectivity index (χ1n) is 7.84. The highest BCUT2D eigenvalue weighted by Gasteiger charge is 2.40. The van der Waals surface area contributed by atoms with Gasteiger partial charge in [-0.2, -0.15) is 0 Å². The Morgan fingerprint density at radius 1 is 1.00 bits per heavy atom. The van der Waals surface area contributed by atoms with Crippen molar-refractivity contribution in [2.24, 2.45) is 5.92 Å². The second-order valence-electron chi connectivity index (χ2n) is 6.24. The standard InChI is InChI=1S/C17H18N2O3S/c20-16-11-14-8-7-13(16)12-19(14)15-5-1-2-6-17(15)23(21,22)18-9-3-4-10-18/h1-6,9-10,13-14H,7-8,11-12H2. The summed E-state index contributed by atoms with van der Waals surface area (Å²) in [7, 11) is -3.62. The van der Waals surface area contributed by atoms with Gasteiger partial charge >= 0.3 is 0 Å². The first-order chi connectivity index (χ1) is 11.1. The van der Waals surface area contributed by atoms with Gasteiger partial charge in [-0.3, -0.25) is 4.79 Å². The molecular weight excluding hydrogens is 312 g/mol. The van der Waals surface area contributed by atoms with Gasteiger partial charge in [-0.15, -0.1) is 0 Å². The summed E-state index contributed by atoms with van der Waals surface area (Å²) >= 11 is 0. The molecule has 23 heavy (non-hydrogen) atoms. The number of para-hydroxylation sites is 1. The molecule has 2 atom stereocenters. The molecule has 2 aromatic rings. The maximum Gasteiger partial charge on any atom is 0.269 e. The number of carbonyl (C=O) groups excluding carboxylic acids is 1. The summed E-state index contributed by atoms with van der Waals surface area (Å²) < 4.78 is 27.0. The highest BCUT2D eigenvalue weighted by Crippen LogP contribution is 2.38. The van der Waals surface area contributed by atoms with Gasteiger partial charge in [0.25, 0.3) is 10.0 Å². The molecule has 2 aliphatic heterocycles. The lowest BCUT2D eigenvalue weighted by Crippen LogP contribution is -2.52. The highest BCUT2D eigenvalue weighted by molar-refractivity contribution is 7.90. The van der Waals surface area contributed by atoms with Gasteiger partial charge in [-0.05, 0) is 37.1 Å². The zero-order valence-corrected chi connectivity index (χ0v) is 13.4. The Balaban J connectivity index is 1.79. The summed E-state index contributed by atoms with van der Waals surface area (Å²) in [5.74, 6) is 0.366. The van der Waals surface area contributed by atoms with E-state index in [0.29, 0.717) is 29.3 Å². The fraction of sp³-hybridized carbons (Fsp3) is 0.353. The maximum absolute atomic E-state index is 12.9. The molecule has 3 fully saturated rings. The second-order valence-corrected chi connectivity index (χ2v) is 8.05. The number of carbonyl (C=O) groups is 1. The molecule has 120 valence electrons.